The molecular formula is C14H15FN2O. The predicted octanol–water partition coefficient (Wildman–Crippen LogP) is 2.97. The largest absolute Gasteiger partial charge is 0.508 e. The molecule has 0 spiro atoms. The molecule has 1 atom stereocenters. The number of hydrogen-bond donors (Lipinski definition) is 2. The first-order valence-corrected chi connectivity index (χ1v) is 5.80. The summed E-state index contributed by atoms with van der Waals surface area (Å²) in [7, 11) is 0. The van der Waals surface area contributed by atoms with Crippen LogP contribution in [0.1, 0.15) is 12.5 Å². The first kappa shape index (κ1) is 12.4. The fourth-order valence-electron chi connectivity index (χ4n) is 1.78. The first-order valence-electron chi connectivity index (χ1n) is 5.80. The molecule has 2 N–H and O–H groups in total. The van der Waals surface area contributed by atoms with Crippen molar-refractivity contribution in [3.8, 4) is 5.75 Å². The third-order valence-electron chi connectivity index (χ3n) is 2.59. The lowest BCUT2D eigenvalue weighted by Crippen LogP contribution is -2.18. The Labute approximate surface area is 105 Å². The Morgan fingerprint density at radius 1 is 1.22 bits per heavy atom. The number of aromatic hydroxyl groups is 1. The quantitative estimate of drug-likeness (QED) is 0.815. The Morgan fingerprint density at radius 2 is 1.94 bits per heavy atom. The van der Waals surface area contributed by atoms with Gasteiger partial charge < -0.3 is 10.4 Å². The van der Waals surface area contributed by atoms with Gasteiger partial charge in [-0.05, 0) is 43.2 Å². The molecule has 1 aromatic carbocycles. The highest BCUT2D eigenvalue weighted by atomic mass is 19.1. The van der Waals surface area contributed by atoms with Crippen LogP contribution in [0.2, 0.25) is 0 Å². The van der Waals surface area contributed by atoms with E-state index >= 15 is 0 Å². The standard InChI is InChI=1S/C14H15FN2O/c1-10(9-11-5-7-12(18)8-6-11)16-14-4-2-3-13(15)17-14/h2-8,10,18H,9H2,1H3,(H,16,17). The zero-order chi connectivity index (χ0) is 13.0. The maximum Gasteiger partial charge on any atom is 0.214 e. The maximum atomic E-state index is 12.9. The molecule has 4 heteroatoms. The number of aromatic nitrogens is 1. The van der Waals surface area contributed by atoms with Gasteiger partial charge in [-0.25, -0.2) is 4.98 Å². The van der Waals surface area contributed by atoms with Crippen molar-refractivity contribution in [2.24, 2.45) is 0 Å². The molecule has 1 aromatic heterocycles. The molecule has 3 nitrogen and oxygen atoms in total. The van der Waals surface area contributed by atoms with E-state index in [4.69, 9.17) is 0 Å². The molecule has 0 bridgehead atoms. The Hall–Kier alpha value is -2.10. The number of pyridine rings is 1. The highest BCUT2D eigenvalue weighted by Crippen LogP contribution is 2.13. The van der Waals surface area contributed by atoms with Gasteiger partial charge in [0.15, 0.2) is 0 Å². The monoisotopic (exact) mass is 246 g/mol. The molecular weight excluding hydrogens is 231 g/mol. The number of anilines is 1. The Kier molecular flexibility index (Phi) is 3.77. The van der Waals surface area contributed by atoms with Crippen LogP contribution in [0.25, 0.3) is 0 Å². The molecule has 18 heavy (non-hydrogen) atoms. The summed E-state index contributed by atoms with van der Waals surface area (Å²) in [6, 6.07) is 11.8. The van der Waals surface area contributed by atoms with Crippen molar-refractivity contribution in [1.29, 1.82) is 0 Å². The van der Waals surface area contributed by atoms with Crippen molar-refractivity contribution in [3.63, 3.8) is 0 Å². The van der Waals surface area contributed by atoms with Gasteiger partial charge in [0.25, 0.3) is 0 Å². The number of benzene rings is 1. The van der Waals surface area contributed by atoms with Crippen molar-refractivity contribution >= 4 is 5.82 Å². The van der Waals surface area contributed by atoms with Gasteiger partial charge in [-0.15, -0.1) is 0 Å². The molecule has 2 aromatic rings. The van der Waals surface area contributed by atoms with Gasteiger partial charge in [-0.1, -0.05) is 18.2 Å². The Balaban J connectivity index is 1.96. The van der Waals surface area contributed by atoms with Crippen LogP contribution in [0.4, 0.5) is 10.2 Å². The zero-order valence-electron chi connectivity index (χ0n) is 10.1. The molecule has 0 amide bonds. The van der Waals surface area contributed by atoms with E-state index < -0.39 is 5.95 Å². The van der Waals surface area contributed by atoms with Gasteiger partial charge in [0.2, 0.25) is 5.95 Å². The SMILES string of the molecule is CC(Cc1ccc(O)cc1)Nc1cccc(F)n1. The van der Waals surface area contributed by atoms with Gasteiger partial charge in [0, 0.05) is 6.04 Å². The van der Waals surface area contributed by atoms with Crippen molar-refractivity contribution in [2.45, 2.75) is 19.4 Å². The van der Waals surface area contributed by atoms with Crippen molar-refractivity contribution in [1.82, 2.24) is 4.98 Å². The molecule has 94 valence electrons. The number of halogens is 1. The number of rotatable bonds is 4. The molecule has 0 aliphatic carbocycles. The summed E-state index contributed by atoms with van der Waals surface area (Å²) in [6.45, 7) is 2.00. The van der Waals surface area contributed by atoms with Crippen molar-refractivity contribution in [2.75, 3.05) is 5.32 Å². The van der Waals surface area contributed by atoms with Gasteiger partial charge in [-0.2, -0.15) is 4.39 Å². The second-order valence-electron chi connectivity index (χ2n) is 4.26. The fraction of sp³-hybridized carbons (Fsp3) is 0.214. The van der Waals surface area contributed by atoms with Gasteiger partial charge in [0.05, 0.1) is 0 Å². The van der Waals surface area contributed by atoms with Crippen LogP contribution >= 0.6 is 0 Å². The van der Waals surface area contributed by atoms with Crippen LogP contribution in [-0.2, 0) is 6.42 Å². The number of phenolic OH excluding ortho intramolecular Hbond substituents is 1. The van der Waals surface area contributed by atoms with Crippen LogP contribution in [0, 0.1) is 5.95 Å². The van der Waals surface area contributed by atoms with Crippen LogP contribution in [0.5, 0.6) is 5.75 Å². The van der Waals surface area contributed by atoms with Gasteiger partial charge in [-0.3, -0.25) is 0 Å². The number of phenols is 1. The second kappa shape index (κ2) is 5.49. The lowest BCUT2D eigenvalue weighted by Gasteiger charge is -2.14. The summed E-state index contributed by atoms with van der Waals surface area (Å²) in [5.41, 5.74) is 1.10. The lowest BCUT2D eigenvalue weighted by atomic mass is 10.1. The molecule has 1 unspecified atom stereocenters. The van der Waals surface area contributed by atoms with Crippen LogP contribution in [0.15, 0.2) is 42.5 Å². The number of hydrogen-bond acceptors (Lipinski definition) is 3. The number of nitrogens with one attached hydrogen (secondary N) is 1. The molecule has 0 fully saturated rings. The summed E-state index contributed by atoms with van der Waals surface area (Å²) in [5, 5.41) is 12.3. The molecule has 0 aliphatic heterocycles. The molecule has 0 radical (unpaired) electrons. The van der Waals surface area contributed by atoms with E-state index in [1.165, 1.54) is 6.07 Å². The molecule has 1 heterocycles. The predicted molar refractivity (Wildman–Crippen MR) is 69.1 cm³/mol. The first-order chi connectivity index (χ1) is 8.63. The normalized spacial score (nSPS) is 12.1. The van der Waals surface area contributed by atoms with Crippen LogP contribution in [-0.4, -0.2) is 16.1 Å². The summed E-state index contributed by atoms with van der Waals surface area (Å²) in [5.74, 6) is 0.296. The molecule has 0 saturated carbocycles. The Morgan fingerprint density at radius 3 is 2.61 bits per heavy atom. The second-order valence-corrected chi connectivity index (χ2v) is 4.26. The van der Waals surface area contributed by atoms with E-state index in [2.05, 4.69) is 10.3 Å². The summed E-state index contributed by atoms with van der Waals surface area (Å²) in [4.78, 5) is 3.75. The number of nitrogens with zero attached hydrogens (tertiary/aromatic N) is 1. The van der Waals surface area contributed by atoms with Crippen molar-refractivity contribution < 1.29 is 9.50 Å². The van der Waals surface area contributed by atoms with E-state index in [1.54, 1.807) is 24.3 Å². The van der Waals surface area contributed by atoms with Crippen molar-refractivity contribution in [3.05, 3.63) is 54.0 Å². The van der Waals surface area contributed by atoms with E-state index in [-0.39, 0.29) is 11.8 Å². The third-order valence-corrected chi connectivity index (χ3v) is 2.59. The minimum absolute atomic E-state index is 0.129. The lowest BCUT2D eigenvalue weighted by molar-refractivity contribution is 0.475. The minimum atomic E-state index is -0.489. The van der Waals surface area contributed by atoms with Crippen LogP contribution < -0.4 is 5.32 Å². The van der Waals surface area contributed by atoms with E-state index in [0.717, 1.165) is 12.0 Å². The molecule has 0 saturated heterocycles. The highest BCUT2D eigenvalue weighted by Gasteiger charge is 2.05. The smallest absolute Gasteiger partial charge is 0.214 e. The average molecular weight is 246 g/mol. The Bertz CT molecular complexity index is 513. The van der Waals surface area contributed by atoms with E-state index in [0.29, 0.717) is 5.82 Å². The average Bonchev–Trinajstić information content (AvgIpc) is 2.32. The fourth-order valence-corrected chi connectivity index (χ4v) is 1.78. The summed E-state index contributed by atoms with van der Waals surface area (Å²) in [6.07, 6.45) is 0.776. The molecule has 0 aliphatic rings. The van der Waals surface area contributed by atoms with E-state index in [9.17, 15) is 9.50 Å². The molecule has 2 rings (SSSR count). The summed E-state index contributed by atoms with van der Waals surface area (Å²) < 4.78 is 12.9. The van der Waals surface area contributed by atoms with E-state index in [1.807, 2.05) is 19.1 Å². The van der Waals surface area contributed by atoms with Gasteiger partial charge in [0.1, 0.15) is 11.6 Å². The maximum absolute atomic E-state index is 12.9. The third kappa shape index (κ3) is 3.45. The minimum Gasteiger partial charge on any atom is -0.508 e. The van der Waals surface area contributed by atoms with Gasteiger partial charge >= 0.3 is 0 Å². The van der Waals surface area contributed by atoms with Crippen LogP contribution in [0.3, 0.4) is 0 Å². The topological polar surface area (TPSA) is 45.1 Å². The highest BCUT2D eigenvalue weighted by molar-refractivity contribution is 5.35. The zero-order valence-corrected chi connectivity index (χ0v) is 10.1. The summed E-state index contributed by atoms with van der Waals surface area (Å²) >= 11 is 0.